The second kappa shape index (κ2) is 10.7. The van der Waals surface area contributed by atoms with E-state index in [0.29, 0.717) is 17.3 Å². The molecule has 1 aliphatic carbocycles. The van der Waals surface area contributed by atoms with E-state index in [1.165, 1.54) is 43.7 Å². The molecule has 0 bridgehead atoms. The molecule has 1 amide bonds. The molecule has 0 aliphatic heterocycles. The number of rotatable bonds is 9. The number of nitrogens with zero attached hydrogens (tertiary/aromatic N) is 1. The quantitative estimate of drug-likeness (QED) is 0.554. The number of carbonyl (C=O) groups is 1. The van der Waals surface area contributed by atoms with Crippen LogP contribution in [0.5, 0.6) is 5.75 Å². The van der Waals surface area contributed by atoms with Crippen LogP contribution >= 0.6 is 11.6 Å². The molecule has 0 saturated heterocycles. The number of hydrogen-bond acceptors (Lipinski definition) is 4. The van der Waals surface area contributed by atoms with Crippen LogP contribution in [0.2, 0.25) is 5.02 Å². The Balaban J connectivity index is 1.83. The van der Waals surface area contributed by atoms with Crippen LogP contribution in [-0.2, 0) is 14.8 Å². The molecule has 1 N–H and O–H groups in total. The first-order valence-electron chi connectivity index (χ1n) is 10.3. The number of nitrogens with one attached hydrogen (secondary N) is 1. The number of carbonyl (C=O) groups excluding carboxylic acids is 1. The number of sulfonamides is 1. The summed E-state index contributed by atoms with van der Waals surface area (Å²) >= 11 is 6.14. The van der Waals surface area contributed by atoms with E-state index >= 15 is 0 Å². The first-order chi connectivity index (χ1) is 14.9. The molecule has 1 aliphatic rings. The Bertz CT molecular complexity index is 1040. The second-order valence-electron chi connectivity index (χ2n) is 7.35. The Kier molecular flexibility index (Phi) is 7.98. The standard InChI is InChI=1S/C23H27ClN2O4S/c1-30-22-13-12-19(24)16-21(22)26(31(28,29)20-10-6-3-7-11-20)17-23(27)25-15-14-18-8-4-2-5-9-18/h3,6-8,10-13,16H,2,4-5,9,14-15,17H2,1H3,(H,25,27). The summed E-state index contributed by atoms with van der Waals surface area (Å²) < 4.78 is 33.2. The van der Waals surface area contributed by atoms with Crippen molar-refractivity contribution < 1.29 is 17.9 Å². The number of amides is 1. The van der Waals surface area contributed by atoms with Crippen molar-refractivity contribution in [3.63, 3.8) is 0 Å². The van der Waals surface area contributed by atoms with Gasteiger partial charge in [0.05, 0.1) is 17.7 Å². The first kappa shape index (κ1) is 23.2. The van der Waals surface area contributed by atoms with Crippen LogP contribution in [0.15, 0.2) is 65.1 Å². The lowest BCUT2D eigenvalue weighted by atomic mass is 9.97. The van der Waals surface area contributed by atoms with Crippen molar-refractivity contribution in [1.29, 1.82) is 0 Å². The Morgan fingerprint density at radius 1 is 1.16 bits per heavy atom. The summed E-state index contributed by atoms with van der Waals surface area (Å²) in [6.45, 7) is 0.0869. The summed E-state index contributed by atoms with van der Waals surface area (Å²) in [7, 11) is -2.58. The predicted octanol–water partition coefficient (Wildman–Crippen LogP) is 4.55. The third kappa shape index (κ3) is 6.02. The van der Waals surface area contributed by atoms with Gasteiger partial charge in [-0.15, -0.1) is 0 Å². The maximum absolute atomic E-state index is 13.4. The smallest absolute Gasteiger partial charge is 0.264 e. The molecule has 0 atom stereocenters. The van der Waals surface area contributed by atoms with Crippen molar-refractivity contribution in [3.05, 3.63) is 65.2 Å². The molecule has 31 heavy (non-hydrogen) atoms. The molecule has 0 unspecified atom stereocenters. The van der Waals surface area contributed by atoms with Crippen molar-refractivity contribution in [2.45, 2.75) is 37.0 Å². The van der Waals surface area contributed by atoms with Gasteiger partial charge in [0, 0.05) is 11.6 Å². The minimum Gasteiger partial charge on any atom is -0.495 e. The summed E-state index contributed by atoms with van der Waals surface area (Å²) in [6.07, 6.45) is 7.54. The highest BCUT2D eigenvalue weighted by Crippen LogP contribution is 2.34. The van der Waals surface area contributed by atoms with Gasteiger partial charge in [0.25, 0.3) is 10.0 Å². The van der Waals surface area contributed by atoms with E-state index in [0.717, 1.165) is 23.6 Å². The van der Waals surface area contributed by atoms with E-state index in [2.05, 4.69) is 11.4 Å². The fraction of sp³-hybridized carbons (Fsp3) is 0.348. The zero-order valence-electron chi connectivity index (χ0n) is 17.5. The van der Waals surface area contributed by atoms with Crippen LogP contribution in [0.1, 0.15) is 32.1 Å². The van der Waals surface area contributed by atoms with E-state index in [4.69, 9.17) is 16.3 Å². The number of ether oxygens (including phenoxy) is 1. The molecular formula is C23H27ClN2O4S. The fourth-order valence-electron chi connectivity index (χ4n) is 3.56. The fourth-order valence-corrected chi connectivity index (χ4v) is 5.17. The van der Waals surface area contributed by atoms with Crippen molar-refractivity contribution in [3.8, 4) is 5.75 Å². The summed E-state index contributed by atoms with van der Waals surface area (Å²) in [6, 6.07) is 12.7. The Labute approximate surface area is 188 Å². The van der Waals surface area contributed by atoms with Gasteiger partial charge in [0.1, 0.15) is 12.3 Å². The lowest BCUT2D eigenvalue weighted by Crippen LogP contribution is -2.41. The van der Waals surface area contributed by atoms with Crippen molar-refractivity contribution >= 4 is 33.2 Å². The first-order valence-corrected chi connectivity index (χ1v) is 12.1. The maximum Gasteiger partial charge on any atom is 0.264 e. The molecule has 0 spiro atoms. The van der Waals surface area contributed by atoms with Gasteiger partial charge in [-0.25, -0.2) is 8.42 Å². The van der Waals surface area contributed by atoms with Crippen LogP contribution in [0, 0.1) is 0 Å². The highest BCUT2D eigenvalue weighted by molar-refractivity contribution is 7.92. The number of halogens is 1. The molecule has 3 rings (SSSR count). The number of allylic oxidation sites excluding steroid dienone is 1. The van der Waals surface area contributed by atoms with Crippen LogP contribution in [0.4, 0.5) is 5.69 Å². The normalized spacial score (nSPS) is 13.9. The molecule has 0 radical (unpaired) electrons. The van der Waals surface area contributed by atoms with Gasteiger partial charge in [-0.3, -0.25) is 9.10 Å². The van der Waals surface area contributed by atoms with E-state index in [1.807, 2.05) is 0 Å². The zero-order valence-corrected chi connectivity index (χ0v) is 19.1. The second-order valence-corrected chi connectivity index (χ2v) is 9.65. The van der Waals surface area contributed by atoms with Crippen LogP contribution in [0.3, 0.4) is 0 Å². The molecule has 0 aromatic heterocycles. The van der Waals surface area contributed by atoms with Gasteiger partial charge in [0.15, 0.2) is 0 Å². The van der Waals surface area contributed by atoms with Crippen molar-refractivity contribution in [2.75, 3.05) is 24.5 Å². The summed E-state index contributed by atoms with van der Waals surface area (Å²) in [5.74, 6) is -0.0815. The number of benzene rings is 2. The maximum atomic E-state index is 13.4. The van der Waals surface area contributed by atoms with Crippen molar-refractivity contribution in [1.82, 2.24) is 5.32 Å². The van der Waals surface area contributed by atoms with Gasteiger partial charge >= 0.3 is 0 Å². The lowest BCUT2D eigenvalue weighted by Gasteiger charge is -2.26. The lowest BCUT2D eigenvalue weighted by molar-refractivity contribution is -0.119. The Hall–Kier alpha value is -2.51. The summed E-state index contributed by atoms with van der Waals surface area (Å²) in [5, 5.41) is 3.19. The summed E-state index contributed by atoms with van der Waals surface area (Å²) in [4.78, 5) is 12.8. The van der Waals surface area contributed by atoms with Crippen LogP contribution < -0.4 is 14.4 Å². The third-order valence-corrected chi connectivity index (χ3v) is 7.19. The van der Waals surface area contributed by atoms with E-state index in [1.54, 1.807) is 30.3 Å². The topological polar surface area (TPSA) is 75.7 Å². The average molecular weight is 463 g/mol. The highest BCUT2D eigenvalue weighted by atomic mass is 35.5. The molecule has 0 saturated carbocycles. The molecule has 0 fully saturated rings. The zero-order chi connectivity index (χ0) is 22.3. The molecule has 8 heteroatoms. The largest absolute Gasteiger partial charge is 0.495 e. The van der Waals surface area contributed by atoms with Crippen LogP contribution in [-0.4, -0.2) is 34.5 Å². The number of hydrogen-bond donors (Lipinski definition) is 1. The van der Waals surface area contributed by atoms with Gasteiger partial charge in [-0.1, -0.05) is 41.4 Å². The van der Waals surface area contributed by atoms with E-state index in [-0.39, 0.29) is 17.1 Å². The minimum absolute atomic E-state index is 0.0807. The SMILES string of the molecule is COc1ccc(Cl)cc1N(CC(=O)NCCC1=CCCCC1)S(=O)(=O)c1ccccc1. The Morgan fingerprint density at radius 3 is 2.61 bits per heavy atom. The van der Waals surface area contributed by atoms with Crippen molar-refractivity contribution in [2.24, 2.45) is 0 Å². The van der Waals surface area contributed by atoms with Gasteiger partial charge < -0.3 is 10.1 Å². The van der Waals surface area contributed by atoms with E-state index in [9.17, 15) is 13.2 Å². The van der Waals surface area contributed by atoms with Crippen LogP contribution in [0.25, 0.3) is 0 Å². The monoisotopic (exact) mass is 462 g/mol. The third-order valence-electron chi connectivity index (χ3n) is 5.18. The number of anilines is 1. The molecule has 2 aromatic rings. The van der Waals surface area contributed by atoms with Gasteiger partial charge in [0.2, 0.25) is 5.91 Å². The van der Waals surface area contributed by atoms with E-state index < -0.39 is 15.9 Å². The van der Waals surface area contributed by atoms with Gasteiger partial charge in [-0.2, -0.15) is 0 Å². The molecular weight excluding hydrogens is 436 g/mol. The number of methoxy groups -OCH3 is 1. The van der Waals surface area contributed by atoms with Gasteiger partial charge in [-0.05, 0) is 62.4 Å². The average Bonchev–Trinajstić information content (AvgIpc) is 2.78. The predicted molar refractivity (Wildman–Crippen MR) is 123 cm³/mol. The summed E-state index contributed by atoms with van der Waals surface area (Å²) in [5.41, 5.74) is 1.56. The molecule has 166 valence electrons. The molecule has 2 aromatic carbocycles. The molecule has 0 heterocycles. The minimum atomic E-state index is -4.02. The molecule has 6 nitrogen and oxygen atoms in total. The Morgan fingerprint density at radius 2 is 1.94 bits per heavy atom. The highest BCUT2D eigenvalue weighted by Gasteiger charge is 2.29.